The Hall–Kier alpha value is -1.18. The van der Waals surface area contributed by atoms with Crippen molar-refractivity contribution in [2.24, 2.45) is 11.5 Å². The van der Waals surface area contributed by atoms with Crippen molar-refractivity contribution >= 4 is 11.9 Å². The lowest BCUT2D eigenvalue weighted by Gasteiger charge is -2.08. The molecule has 0 aliphatic carbocycles. The average molecular weight is 206 g/mol. The van der Waals surface area contributed by atoms with Gasteiger partial charge in [-0.05, 0) is 19.3 Å². The van der Waals surface area contributed by atoms with E-state index in [0.717, 1.165) is 0 Å². The quantitative estimate of drug-likeness (QED) is 0.320. The zero-order chi connectivity index (χ0) is 11.1. The molecule has 0 aromatic carbocycles. The fraction of sp³-hybridized carbons (Fsp3) is 0.714. The summed E-state index contributed by atoms with van der Waals surface area (Å²) >= 11 is 0. The summed E-state index contributed by atoms with van der Waals surface area (Å²) in [5, 5.41) is 16.4. The highest BCUT2D eigenvalue weighted by atomic mass is 17.1. The van der Waals surface area contributed by atoms with Gasteiger partial charge in [0.1, 0.15) is 12.1 Å². The molecule has 82 valence electrons. The van der Waals surface area contributed by atoms with Gasteiger partial charge in [0.15, 0.2) is 0 Å². The Morgan fingerprint density at radius 3 is 2.14 bits per heavy atom. The maximum Gasteiger partial charge on any atom is 0.358 e. The Balaban J connectivity index is 3.64. The minimum absolute atomic E-state index is 0.223. The number of carbonyl (C=O) groups is 2. The van der Waals surface area contributed by atoms with E-state index in [2.05, 4.69) is 4.89 Å². The number of carbonyl (C=O) groups excluding carboxylic acids is 1. The van der Waals surface area contributed by atoms with Crippen molar-refractivity contribution in [3.05, 3.63) is 0 Å². The van der Waals surface area contributed by atoms with Gasteiger partial charge in [0.25, 0.3) is 0 Å². The molecule has 0 radical (unpaired) electrons. The lowest BCUT2D eigenvalue weighted by Crippen LogP contribution is -2.33. The fourth-order valence-corrected chi connectivity index (χ4v) is 0.867. The van der Waals surface area contributed by atoms with Crippen LogP contribution < -0.4 is 11.5 Å². The first kappa shape index (κ1) is 12.8. The highest BCUT2D eigenvalue weighted by Crippen LogP contribution is 2.02. The molecule has 7 heteroatoms. The molecule has 7 nitrogen and oxygen atoms in total. The fourth-order valence-electron chi connectivity index (χ4n) is 0.867. The van der Waals surface area contributed by atoms with Crippen molar-refractivity contribution in [2.45, 2.75) is 31.3 Å². The van der Waals surface area contributed by atoms with E-state index < -0.39 is 24.0 Å². The van der Waals surface area contributed by atoms with Crippen LogP contribution in [0, 0.1) is 0 Å². The van der Waals surface area contributed by atoms with Gasteiger partial charge in [-0.25, -0.2) is 4.79 Å². The molecule has 0 aliphatic rings. The van der Waals surface area contributed by atoms with Crippen LogP contribution in [0.25, 0.3) is 0 Å². The van der Waals surface area contributed by atoms with E-state index in [1.807, 2.05) is 0 Å². The monoisotopic (exact) mass is 206 g/mol. The molecule has 0 heterocycles. The average Bonchev–Trinajstić information content (AvgIpc) is 2.15. The van der Waals surface area contributed by atoms with Crippen LogP contribution >= 0.6 is 0 Å². The zero-order valence-corrected chi connectivity index (χ0v) is 7.55. The van der Waals surface area contributed by atoms with E-state index in [9.17, 15) is 9.59 Å². The molecule has 0 spiro atoms. The van der Waals surface area contributed by atoms with Crippen LogP contribution in [0.3, 0.4) is 0 Å². The lowest BCUT2D eigenvalue weighted by atomic mass is 10.1. The second kappa shape index (κ2) is 6.30. The van der Waals surface area contributed by atoms with E-state index in [-0.39, 0.29) is 12.8 Å². The second-order valence-electron chi connectivity index (χ2n) is 2.89. The molecule has 0 aromatic heterocycles. The van der Waals surface area contributed by atoms with Gasteiger partial charge >= 0.3 is 11.9 Å². The van der Waals surface area contributed by atoms with E-state index in [4.69, 9.17) is 21.8 Å². The van der Waals surface area contributed by atoms with Crippen molar-refractivity contribution in [3.8, 4) is 0 Å². The van der Waals surface area contributed by atoms with Gasteiger partial charge in [-0.15, -0.1) is 0 Å². The predicted octanol–water partition coefficient (Wildman–Crippen LogP) is -1.09. The second-order valence-corrected chi connectivity index (χ2v) is 2.89. The molecule has 0 bridgehead atoms. The van der Waals surface area contributed by atoms with Crippen LogP contribution in [0.15, 0.2) is 0 Å². The van der Waals surface area contributed by atoms with Crippen molar-refractivity contribution in [1.82, 2.24) is 0 Å². The smallest absolute Gasteiger partial charge is 0.358 e. The predicted molar refractivity (Wildman–Crippen MR) is 46.2 cm³/mol. The summed E-state index contributed by atoms with van der Waals surface area (Å²) in [6.45, 7) is 0. The standard InChI is InChI=1S/C7H14N2O5/c8-4(6(10)11)2-1-3-5(9)7(12)14-13/h4-5,13H,1-3,8-9H2,(H,10,11). The molecule has 0 saturated heterocycles. The highest BCUT2D eigenvalue weighted by Gasteiger charge is 2.16. The highest BCUT2D eigenvalue weighted by molar-refractivity contribution is 5.74. The Morgan fingerprint density at radius 2 is 1.71 bits per heavy atom. The third-order valence-corrected chi connectivity index (χ3v) is 1.74. The number of hydrogen-bond acceptors (Lipinski definition) is 6. The number of nitrogens with two attached hydrogens (primary N) is 2. The molecule has 0 amide bonds. The Bertz CT molecular complexity index is 208. The molecule has 2 atom stereocenters. The van der Waals surface area contributed by atoms with Crippen LogP contribution in [0.1, 0.15) is 19.3 Å². The van der Waals surface area contributed by atoms with Gasteiger partial charge in [-0.3, -0.25) is 9.68 Å². The molecule has 0 saturated carbocycles. The van der Waals surface area contributed by atoms with Crippen molar-refractivity contribution in [3.63, 3.8) is 0 Å². The van der Waals surface area contributed by atoms with Gasteiger partial charge in [0.2, 0.25) is 0 Å². The SMILES string of the molecule is NC(CCCC(N)C(=O)OO)C(=O)O. The molecule has 6 N–H and O–H groups in total. The maximum absolute atomic E-state index is 10.6. The molecule has 0 fully saturated rings. The summed E-state index contributed by atoms with van der Waals surface area (Å²) in [6, 6.07) is -1.90. The van der Waals surface area contributed by atoms with Gasteiger partial charge in [-0.2, -0.15) is 5.26 Å². The summed E-state index contributed by atoms with van der Waals surface area (Å²) in [4.78, 5) is 24.3. The number of aliphatic carboxylic acids is 1. The summed E-state index contributed by atoms with van der Waals surface area (Å²) in [5.41, 5.74) is 10.5. The summed E-state index contributed by atoms with van der Waals surface area (Å²) in [7, 11) is 0. The molecular weight excluding hydrogens is 192 g/mol. The maximum atomic E-state index is 10.6. The first-order chi connectivity index (χ1) is 6.49. The molecule has 0 aromatic rings. The van der Waals surface area contributed by atoms with Crippen LogP contribution in [0.4, 0.5) is 0 Å². The van der Waals surface area contributed by atoms with Crippen LogP contribution in [-0.2, 0) is 14.5 Å². The summed E-state index contributed by atoms with van der Waals surface area (Å²) in [6.07, 6.45) is 0.825. The largest absolute Gasteiger partial charge is 0.480 e. The van der Waals surface area contributed by atoms with E-state index in [0.29, 0.717) is 6.42 Å². The number of rotatable bonds is 6. The van der Waals surface area contributed by atoms with Crippen molar-refractivity contribution < 1.29 is 24.8 Å². The normalized spacial score (nSPS) is 14.5. The van der Waals surface area contributed by atoms with Crippen LogP contribution in [-0.4, -0.2) is 34.4 Å². The van der Waals surface area contributed by atoms with Gasteiger partial charge in [0.05, 0.1) is 0 Å². The zero-order valence-electron chi connectivity index (χ0n) is 7.55. The minimum Gasteiger partial charge on any atom is -0.480 e. The number of carboxylic acids is 1. The summed E-state index contributed by atoms with van der Waals surface area (Å²) < 4.78 is 0. The number of carboxylic acid groups (broad SMARTS) is 1. The van der Waals surface area contributed by atoms with Gasteiger partial charge in [0, 0.05) is 0 Å². The Morgan fingerprint density at radius 1 is 1.21 bits per heavy atom. The minimum atomic E-state index is -1.09. The topological polar surface area (TPSA) is 136 Å². The van der Waals surface area contributed by atoms with Gasteiger partial charge in [-0.1, -0.05) is 0 Å². The lowest BCUT2D eigenvalue weighted by molar-refractivity contribution is -0.235. The molecule has 14 heavy (non-hydrogen) atoms. The van der Waals surface area contributed by atoms with E-state index in [1.54, 1.807) is 0 Å². The third-order valence-electron chi connectivity index (χ3n) is 1.74. The Labute approximate surface area is 80.6 Å². The first-order valence-electron chi connectivity index (χ1n) is 4.08. The van der Waals surface area contributed by atoms with E-state index >= 15 is 0 Å². The summed E-state index contributed by atoms with van der Waals surface area (Å²) in [5.74, 6) is -2.03. The third kappa shape index (κ3) is 4.75. The molecular formula is C7H14N2O5. The Kier molecular flexibility index (Phi) is 5.77. The first-order valence-corrected chi connectivity index (χ1v) is 4.08. The van der Waals surface area contributed by atoms with Crippen LogP contribution in [0.2, 0.25) is 0 Å². The van der Waals surface area contributed by atoms with Gasteiger partial charge < -0.3 is 16.6 Å². The van der Waals surface area contributed by atoms with Crippen molar-refractivity contribution in [1.29, 1.82) is 0 Å². The van der Waals surface area contributed by atoms with Crippen LogP contribution in [0.5, 0.6) is 0 Å². The van der Waals surface area contributed by atoms with Crippen molar-refractivity contribution in [2.75, 3.05) is 0 Å². The molecule has 0 aliphatic heterocycles. The molecule has 0 rings (SSSR count). The number of hydrogen-bond donors (Lipinski definition) is 4. The van der Waals surface area contributed by atoms with E-state index in [1.165, 1.54) is 0 Å². The molecule has 2 unspecified atom stereocenters.